The molecule has 0 aromatic heterocycles. The Kier molecular flexibility index (Phi) is 7.96. The first-order valence-corrected chi connectivity index (χ1v) is 10.6. The highest BCUT2D eigenvalue weighted by Gasteiger charge is 2.22. The second-order valence-corrected chi connectivity index (χ2v) is 7.42. The van der Waals surface area contributed by atoms with E-state index in [1.165, 1.54) is 24.0 Å². The SMILES string of the molecule is CCOC1CCN(C(=NC)NCCCOC2CCCc3ccccc32)CC1. The highest BCUT2D eigenvalue weighted by atomic mass is 16.5. The Morgan fingerprint density at radius 1 is 1.19 bits per heavy atom. The summed E-state index contributed by atoms with van der Waals surface area (Å²) in [5.41, 5.74) is 2.85. The van der Waals surface area contributed by atoms with Gasteiger partial charge in [-0.05, 0) is 56.6 Å². The molecule has 1 aliphatic carbocycles. The number of nitrogens with one attached hydrogen (secondary N) is 1. The third-order valence-corrected chi connectivity index (χ3v) is 5.59. The smallest absolute Gasteiger partial charge is 0.193 e. The van der Waals surface area contributed by atoms with Crippen molar-refractivity contribution in [2.75, 3.05) is 39.9 Å². The maximum Gasteiger partial charge on any atom is 0.193 e. The number of aliphatic imine (C=N–C) groups is 1. The van der Waals surface area contributed by atoms with Gasteiger partial charge in [-0.1, -0.05) is 24.3 Å². The largest absolute Gasteiger partial charge is 0.378 e. The zero-order valence-electron chi connectivity index (χ0n) is 17.0. The van der Waals surface area contributed by atoms with Gasteiger partial charge in [0.15, 0.2) is 5.96 Å². The number of fused-ring (bicyclic) bond motifs is 1. The summed E-state index contributed by atoms with van der Waals surface area (Å²) in [6.07, 6.45) is 7.40. The van der Waals surface area contributed by atoms with Crippen LogP contribution in [-0.2, 0) is 15.9 Å². The van der Waals surface area contributed by atoms with Gasteiger partial charge in [0.2, 0.25) is 0 Å². The summed E-state index contributed by atoms with van der Waals surface area (Å²) in [5, 5.41) is 3.50. The van der Waals surface area contributed by atoms with E-state index in [1.807, 2.05) is 7.05 Å². The van der Waals surface area contributed by atoms with Gasteiger partial charge in [-0.15, -0.1) is 0 Å². The van der Waals surface area contributed by atoms with Crippen LogP contribution in [0.25, 0.3) is 0 Å². The fourth-order valence-corrected chi connectivity index (χ4v) is 4.18. The number of aryl methyl sites for hydroxylation is 1. The van der Waals surface area contributed by atoms with Gasteiger partial charge in [-0.3, -0.25) is 4.99 Å². The molecule has 0 bridgehead atoms. The summed E-state index contributed by atoms with van der Waals surface area (Å²) in [7, 11) is 1.87. The van der Waals surface area contributed by atoms with Crippen LogP contribution in [0.15, 0.2) is 29.3 Å². The predicted molar refractivity (Wildman–Crippen MR) is 110 cm³/mol. The molecule has 0 spiro atoms. The Bertz CT molecular complexity index is 597. The Morgan fingerprint density at radius 2 is 2.00 bits per heavy atom. The number of hydrogen-bond acceptors (Lipinski definition) is 3. The molecular formula is C22H35N3O2. The van der Waals surface area contributed by atoms with Crippen molar-refractivity contribution in [3.05, 3.63) is 35.4 Å². The third kappa shape index (κ3) is 5.69. The minimum absolute atomic E-state index is 0.270. The first-order valence-electron chi connectivity index (χ1n) is 10.6. The summed E-state index contributed by atoms with van der Waals surface area (Å²) in [5.74, 6) is 1.01. The van der Waals surface area contributed by atoms with E-state index < -0.39 is 0 Å². The fourth-order valence-electron chi connectivity index (χ4n) is 4.18. The van der Waals surface area contributed by atoms with Gasteiger partial charge in [0.05, 0.1) is 12.2 Å². The molecule has 1 heterocycles. The van der Waals surface area contributed by atoms with E-state index in [2.05, 4.69) is 46.4 Å². The van der Waals surface area contributed by atoms with Gasteiger partial charge < -0.3 is 19.7 Å². The lowest BCUT2D eigenvalue weighted by atomic mass is 9.89. The van der Waals surface area contributed by atoms with Crippen LogP contribution in [0.3, 0.4) is 0 Å². The Labute approximate surface area is 164 Å². The highest BCUT2D eigenvalue weighted by molar-refractivity contribution is 5.79. The Hall–Kier alpha value is -1.59. The van der Waals surface area contributed by atoms with Crippen LogP contribution in [0.4, 0.5) is 0 Å². The van der Waals surface area contributed by atoms with Gasteiger partial charge in [-0.25, -0.2) is 0 Å². The molecule has 1 unspecified atom stereocenters. The second-order valence-electron chi connectivity index (χ2n) is 7.42. The lowest BCUT2D eigenvalue weighted by Gasteiger charge is -2.34. The van der Waals surface area contributed by atoms with Crippen LogP contribution in [0.1, 0.15) is 56.3 Å². The fraction of sp³-hybridized carbons (Fsp3) is 0.682. The van der Waals surface area contributed by atoms with E-state index in [0.717, 1.165) is 64.5 Å². The number of rotatable bonds is 7. The zero-order chi connectivity index (χ0) is 18.9. The van der Waals surface area contributed by atoms with Crippen molar-refractivity contribution in [1.29, 1.82) is 0 Å². The van der Waals surface area contributed by atoms with Crippen LogP contribution >= 0.6 is 0 Å². The number of ether oxygens (including phenoxy) is 2. The maximum atomic E-state index is 6.20. The molecule has 1 saturated heterocycles. The monoisotopic (exact) mass is 373 g/mol. The molecule has 5 heteroatoms. The molecule has 150 valence electrons. The van der Waals surface area contributed by atoms with E-state index in [9.17, 15) is 0 Å². The molecule has 0 radical (unpaired) electrons. The quantitative estimate of drug-likeness (QED) is 0.451. The van der Waals surface area contributed by atoms with Gasteiger partial charge in [0, 0.05) is 39.9 Å². The van der Waals surface area contributed by atoms with Gasteiger partial charge in [0.1, 0.15) is 0 Å². The standard InChI is InChI=1S/C22H35N3O2/c1-3-26-19-12-15-25(16-13-19)22(23-2)24-14-7-17-27-21-11-6-9-18-8-4-5-10-20(18)21/h4-5,8,10,19,21H,3,6-7,9,11-17H2,1-2H3,(H,23,24). The summed E-state index contributed by atoms with van der Waals surface area (Å²) in [4.78, 5) is 6.79. The normalized spacial score (nSPS) is 21.2. The molecule has 0 saturated carbocycles. The summed E-state index contributed by atoms with van der Waals surface area (Å²) in [6, 6.07) is 8.73. The molecule has 1 aromatic rings. The number of benzene rings is 1. The molecule has 1 fully saturated rings. The van der Waals surface area contributed by atoms with Gasteiger partial charge in [0.25, 0.3) is 0 Å². The van der Waals surface area contributed by atoms with Crippen molar-refractivity contribution < 1.29 is 9.47 Å². The number of nitrogens with zero attached hydrogens (tertiary/aromatic N) is 2. The Balaban J connectivity index is 1.35. The summed E-state index contributed by atoms with van der Waals surface area (Å²) in [6.45, 7) is 6.59. The Morgan fingerprint density at radius 3 is 2.78 bits per heavy atom. The highest BCUT2D eigenvalue weighted by Crippen LogP contribution is 2.32. The van der Waals surface area contributed by atoms with E-state index >= 15 is 0 Å². The van der Waals surface area contributed by atoms with Crippen molar-refractivity contribution in [1.82, 2.24) is 10.2 Å². The predicted octanol–water partition coefficient (Wildman–Crippen LogP) is 3.55. The van der Waals surface area contributed by atoms with Crippen molar-refractivity contribution in [3.63, 3.8) is 0 Å². The van der Waals surface area contributed by atoms with E-state index in [1.54, 1.807) is 0 Å². The summed E-state index contributed by atoms with van der Waals surface area (Å²) >= 11 is 0. The molecule has 27 heavy (non-hydrogen) atoms. The molecule has 3 rings (SSSR count). The molecule has 5 nitrogen and oxygen atoms in total. The minimum Gasteiger partial charge on any atom is -0.378 e. The molecule has 2 aliphatic rings. The van der Waals surface area contributed by atoms with E-state index in [4.69, 9.17) is 9.47 Å². The van der Waals surface area contributed by atoms with Gasteiger partial charge in [-0.2, -0.15) is 0 Å². The molecule has 1 N–H and O–H groups in total. The number of likely N-dealkylation sites (tertiary alicyclic amines) is 1. The molecule has 1 aromatic carbocycles. The van der Waals surface area contributed by atoms with Crippen LogP contribution in [0.5, 0.6) is 0 Å². The van der Waals surface area contributed by atoms with Crippen molar-refractivity contribution in [2.45, 2.75) is 57.7 Å². The zero-order valence-corrected chi connectivity index (χ0v) is 17.0. The molecule has 1 atom stereocenters. The van der Waals surface area contributed by atoms with Crippen molar-refractivity contribution in [3.8, 4) is 0 Å². The third-order valence-electron chi connectivity index (χ3n) is 5.59. The summed E-state index contributed by atoms with van der Waals surface area (Å²) < 4.78 is 11.9. The van der Waals surface area contributed by atoms with E-state index in [-0.39, 0.29) is 6.10 Å². The lowest BCUT2D eigenvalue weighted by Crippen LogP contribution is -2.47. The van der Waals surface area contributed by atoms with Crippen molar-refractivity contribution in [2.24, 2.45) is 4.99 Å². The topological polar surface area (TPSA) is 46.1 Å². The van der Waals surface area contributed by atoms with Crippen molar-refractivity contribution >= 4 is 5.96 Å². The van der Waals surface area contributed by atoms with E-state index in [0.29, 0.717) is 6.10 Å². The van der Waals surface area contributed by atoms with Crippen LogP contribution < -0.4 is 5.32 Å². The number of piperidine rings is 1. The molecule has 0 amide bonds. The number of guanidine groups is 1. The second kappa shape index (κ2) is 10.7. The average Bonchev–Trinajstić information content (AvgIpc) is 2.72. The number of hydrogen-bond donors (Lipinski definition) is 1. The van der Waals surface area contributed by atoms with Crippen LogP contribution in [0, 0.1) is 0 Å². The maximum absolute atomic E-state index is 6.20. The minimum atomic E-state index is 0.270. The first kappa shape index (κ1) is 20.2. The lowest BCUT2D eigenvalue weighted by molar-refractivity contribution is 0.0262. The van der Waals surface area contributed by atoms with Crippen LogP contribution in [0.2, 0.25) is 0 Å². The van der Waals surface area contributed by atoms with Gasteiger partial charge >= 0.3 is 0 Å². The van der Waals surface area contributed by atoms with Crippen LogP contribution in [-0.4, -0.2) is 56.9 Å². The average molecular weight is 374 g/mol. The molecular weight excluding hydrogens is 338 g/mol. The molecule has 1 aliphatic heterocycles. The first-order chi connectivity index (χ1) is 13.3.